The molecule has 0 unspecified atom stereocenters. The quantitative estimate of drug-likeness (QED) is 0.190. The van der Waals surface area contributed by atoms with Crippen LogP contribution in [0.5, 0.6) is 0 Å². The molecule has 0 spiro atoms. The number of rotatable bonds is 4. The summed E-state index contributed by atoms with van der Waals surface area (Å²) < 4.78 is 0. The summed E-state index contributed by atoms with van der Waals surface area (Å²) >= 11 is 0. The zero-order valence-electron chi connectivity index (χ0n) is 25.6. The monoisotopic (exact) mass is 586 g/mol. The van der Waals surface area contributed by atoms with Gasteiger partial charge in [0.25, 0.3) is 6.71 Å². The van der Waals surface area contributed by atoms with Gasteiger partial charge < -0.3 is 9.80 Å². The molecule has 0 aromatic heterocycles. The van der Waals surface area contributed by atoms with Crippen molar-refractivity contribution >= 4 is 57.2 Å². The molecule has 2 aliphatic rings. The average Bonchev–Trinajstić information content (AvgIpc) is 3.12. The highest BCUT2D eigenvalue weighted by molar-refractivity contribution is 7.00. The molecule has 216 valence electrons. The van der Waals surface area contributed by atoms with Crippen molar-refractivity contribution in [3.05, 3.63) is 175 Å². The van der Waals surface area contributed by atoms with Crippen molar-refractivity contribution in [3.8, 4) is 22.3 Å². The van der Waals surface area contributed by atoms with Gasteiger partial charge in [-0.1, -0.05) is 127 Å². The summed E-state index contributed by atoms with van der Waals surface area (Å²) in [5.74, 6) is 0. The lowest BCUT2D eigenvalue weighted by atomic mass is 9.33. The van der Waals surface area contributed by atoms with Crippen LogP contribution < -0.4 is 26.2 Å². The fraction of sp³-hybridized carbons (Fsp3) is 0.0233. The zero-order valence-corrected chi connectivity index (χ0v) is 25.6. The van der Waals surface area contributed by atoms with E-state index in [0.717, 1.165) is 5.69 Å². The lowest BCUT2D eigenvalue weighted by Gasteiger charge is -2.44. The summed E-state index contributed by atoms with van der Waals surface area (Å²) in [7, 11) is 0. The van der Waals surface area contributed by atoms with E-state index >= 15 is 0 Å². The van der Waals surface area contributed by atoms with Gasteiger partial charge in [0.15, 0.2) is 0 Å². The van der Waals surface area contributed by atoms with Gasteiger partial charge in [-0.3, -0.25) is 0 Å². The molecule has 3 heteroatoms. The Kier molecular flexibility index (Phi) is 6.17. The molecule has 2 heterocycles. The van der Waals surface area contributed by atoms with E-state index in [2.05, 4.69) is 187 Å². The predicted molar refractivity (Wildman–Crippen MR) is 196 cm³/mol. The van der Waals surface area contributed by atoms with Crippen LogP contribution in [0.25, 0.3) is 22.3 Å². The number of hydrogen-bond donors (Lipinski definition) is 0. The van der Waals surface area contributed by atoms with Crippen LogP contribution >= 0.6 is 0 Å². The highest BCUT2D eigenvalue weighted by Crippen LogP contribution is 2.44. The number of fused-ring (bicyclic) bond motifs is 4. The third kappa shape index (κ3) is 4.20. The molecule has 2 aliphatic heterocycles. The van der Waals surface area contributed by atoms with E-state index in [0.29, 0.717) is 0 Å². The molecular formula is C43H31BN2. The number of aryl methyl sites for hydroxylation is 1. The van der Waals surface area contributed by atoms with Crippen LogP contribution in [0, 0.1) is 6.92 Å². The zero-order chi connectivity index (χ0) is 30.6. The van der Waals surface area contributed by atoms with Crippen molar-refractivity contribution < 1.29 is 0 Å². The smallest absolute Gasteiger partial charge is 0.252 e. The lowest BCUT2D eigenvalue weighted by molar-refractivity contribution is 1.25. The molecule has 9 rings (SSSR count). The average molecular weight is 587 g/mol. The van der Waals surface area contributed by atoms with E-state index in [-0.39, 0.29) is 6.71 Å². The molecular weight excluding hydrogens is 555 g/mol. The van der Waals surface area contributed by atoms with Crippen molar-refractivity contribution in [2.75, 3.05) is 9.80 Å². The number of hydrogen-bond acceptors (Lipinski definition) is 2. The summed E-state index contributed by atoms with van der Waals surface area (Å²) in [5.41, 5.74) is 17.4. The van der Waals surface area contributed by atoms with Gasteiger partial charge in [-0.15, -0.1) is 0 Å². The Hall–Kier alpha value is -5.80. The first-order chi connectivity index (χ1) is 22.7. The van der Waals surface area contributed by atoms with E-state index in [1.54, 1.807) is 0 Å². The van der Waals surface area contributed by atoms with Crippen molar-refractivity contribution in [2.24, 2.45) is 0 Å². The molecule has 2 nitrogen and oxygen atoms in total. The van der Waals surface area contributed by atoms with Crippen LogP contribution in [-0.2, 0) is 0 Å². The van der Waals surface area contributed by atoms with Crippen molar-refractivity contribution in [3.63, 3.8) is 0 Å². The van der Waals surface area contributed by atoms with E-state index in [1.165, 1.54) is 72.6 Å². The molecule has 0 fully saturated rings. The maximum absolute atomic E-state index is 2.48. The Morgan fingerprint density at radius 1 is 0.370 bits per heavy atom. The van der Waals surface area contributed by atoms with E-state index < -0.39 is 0 Å². The Morgan fingerprint density at radius 3 is 1.67 bits per heavy atom. The molecule has 7 aromatic rings. The Balaban J connectivity index is 1.33. The Morgan fingerprint density at radius 2 is 0.891 bits per heavy atom. The second kappa shape index (κ2) is 10.7. The molecule has 46 heavy (non-hydrogen) atoms. The fourth-order valence-electron chi connectivity index (χ4n) is 7.40. The van der Waals surface area contributed by atoms with Gasteiger partial charge in [0.05, 0.1) is 0 Å². The number of nitrogens with zero attached hydrogens (tertiary/aromatic N) is 2. The second-order valence-electron chi connectivity index (χ2n) is 12.3. The van der Waals surface area contributed by atoms with Crippen LogP contribution in [-0.4, -0.2) is 6.71 Å². The first-order valence-electron chi connectivity index (χ1n) is 16.0. The van der Waals surface area contributed by atoms with Gasteiger partial charge >= 0.3 is 0 Å². The summed E-state index contributed by atoms with van der Waals surface area (Å²) in [6.07, 6.45) is 0. The van der Waals surface area contributed by atoms with Gasteiger partial charge in [-0.05, 0) is 94.1 Å². The molecule has 0 atom stereocenters. The second-order valence-corrected chi connectivity index (χ2v) is 12.3. The number of benzene rings is 7. The van der Waals surface area contributed by atoms with Gasteiger partial charge in [0.1, 0.15) is 0 Å². The van der Waals surface area contributed by atoms with E-state index in [1.807, 2.05) is 0 Å². The molecule has 0 saturated heterocycles. The maximum Gasteiger partial charge on any atom is 0.252 e. The molecule has 0 bridgehead atoms. The summed E-state index contributed by atoms with van der Waals surface area (Å²) in [5, 5.41) is 0. The standard InChI is InChI=1S/C43H31BN2/c1-30-22-24-32(25-23-30)34-26-27-40-38(29-34)44-37-18-8-9-19-39(37)45(35-15-6-3-7-16-35)41-20-11-21-42(43(41)44)46(40)36-17-10-14-33(28-36)31-12-4-2-5-13-31/h2-29H,1H3. The lowest BCUT2D eigenvalue weighted by Crippen LogP contribution is -2.61. The minimum Gasteiger partial charge on any atom is -0.311 e. The van der Waals surface area contributed by atoms with Crippen LogP contribution in [0.1, 0.15) is 5.56 Å². The molecule has 0 radical (unpaired) electrons. The molecule has 0 amide bonds. The minimum absolute atomic E-state index is 0.0938. The topological polar surface area (TPSA) is 6.48 Å². The van der Waals surface area contributed by atoms with Gasteiger partial charge in [-0.2, -0.15) is 0 Å². The minimum atomic E-state index is 0.0938. The number of para-hydroxylation sites is 2. The third-order valence-corrected chi connectivity index (χ3v) is 9.51. The van der Waals surface area contributed by atoms with Gasteiger partial charge in [-0.25, -0.2) is 0 Å². The van der Waals surface area contributed by atoms with E-state index in [9.17, 15) is 0 Å². The van der Waals surface area contributed by atoms with Gasteiger partial charge in [0, 0.05) is 34.1 Å². The van der Waals surface area contributed by atoms with Crippen LogP contribution in [0.3, 0.4) is 0 Å². The first-order valence-corrected chi connectivity index (χ1v) is 16.0. The molecule has 0 N–H and O–H groups in total. The predicted octanol–water partition coefficient (Wildman–Crippen LogP) is 9.41. The normalized spacial score (nSPS) is 12.8. The Labute approximate surface area is 270 Å². The first kappa shape index (κ1) is 26.6. The third-order valence-electron chi connectivity index (χ3n) is 9.51. The van der Waals surface area contributed by atoms with Crippen molar-refractivity contribution in [1.82, 2.24) is 0 Å². The molecule has 0 saturated carbocycles. The summed E-state index contributed by atoms with van der Waals surface area (Å²) in [6.45, 7) is 2.24. The highest BCUT2D eigenvalue weighted by Gasteiger charge is 2.43. The molecule has 7 aromatic carbocycles. The Bertz CT molecular complexity index is 2230. The summed E-state index contributed by atoms with van der Waals surface area (Å²) in [4.78, 5) is 4.92. The van der Waals surface area contributed by atoms with Gasteiger partial charge in [0.2, 0.25) is 0 Å². The highest BCUT2D eigenvalue weighted by atomic mass is 15.2. The van der Waals surface area contributed by atoms with Crippen molar-refractivity contribution in [1.29, 1.82) is 0 Å². The SMILES string of the molecule is Cc1ccc(-c2ccc3c(c2)B2c4ccccc4N(c4ccccc4)c4cccc(c42)N3c2cccc(-c3ccccc3)c2)cc1. The van der Waals surface area contributed by atoms with Crippen LogP contribution in [0.2, 0.25) is 0 Å². The largest absolute Gasteiger partial charge is 0.311 e. The van der Waals surface area contributed by atoms with Crippen LogP contribution in [0.4, 0.5) is 34.1 Å². The van der Waals surface area contributed by atoms with Crippen LogP contribution in [0.15, 0.2) is 170 Å². The molecule has 0 aliphatic carbocycles. The summed E-state index contributed by atoms with van der Waals surface area (Å²) in [6, 6.07) is 62.1. The number of anilines is 6. The maximum atomic E-state index is 2.48. The van der Waals surface area contributed by atoms with E-state index in [4.69, 9.17) is 0 Å². The van der Waals surface area contributed by atoms with Crippen molar-refractivity contribution in [2.45, 2.75) is 6.92 Å². The fourth-order valence-corrected chi connectivity index (χ4v) is 7.40.